The molecule has 7 heteroatoms. The Morgan fingerprint density at radius 2 is 1.91 bits per heavy atom. The largest absolute Gasteiger partial charge is 0.494 e. The van der Waals surface area contributed by atoms with E-state index in [2.05, 4.69) is 15.6 Å². The van der Waals surface area contributed by atoms with Crippen LogP contribution in [0.25, 0.3) is 22.6 Å². The molecule has 0 saturated heterocycles. The molecule has 0 aliphatic carbocycles. The first-order valence-corrected chi connectivity index (χ1v) is 10.8. The van der Waals surface area contributed by atoms with Crippen molar-refractivity contribution in [1.82, 2.24) is 10.3 Å². The van der Waals surface area contributed by atoms with Crippen LogP contribution >= 0.6 is 12.2 Å². The Hall–Kier alpha value is -3.71. The van der Waals surface area contributed by atoms with Gasteiger partial charge in [-0.05, 0) is 74.1 Å². The highest BCUT2D eigenvalue weighted by Crippen LogP contribution is 2.26. The minimum Gasteiger partial charge on any atom is -0.494 e. The number of aryl methyl sites for hydroxylation is 1. The summed E-state index contributed by atoms with van der Waals surface area (Å²) in [5, 5.41) is 5.91. The Balaban J connectivity index is 1.43. The van der Waals surface area contributed by atoms with Crippen LogP contribution in [0.3, 0.4) is 0 Å². The molecule has 0 bridgehead atoms. The fraction of sp³-hybridized carbons (Fsp3) is 0.160. The molecule has 0 radical (unpaired) electrons. The Morgan fingerprint density at radius 3 is 2.69 bits per heavy atom. The molecule has 2 N–H and O–H groups in total. The molecule has 1 heterocycles. The monoisotopic (exact) mass is 445 g/mol. The predicted molar refractivity (Wildman–Crippen MR) is 130 cm³/mol. The molecule has 1 amide bonds. The molecular formula is C25H23N3O3S. The molecule has 0 saturated carbocycles. The molecular weight excluding hydrogens is 422 g/mol. The van der Waals surface area contributed by atoms with Crippen LogP contribution in [0.5, 0.6) is 5.75 Å². The van der Waals surface area contributed by atoms with Gasteiger partial charge < -0.3 is 14.5 Å². The number of hydrogen-bond donors (Lipinski definition) is 2. The van der Waals surface area contributed by atoms with Gasteiger partial charge in [0.15, 0.2) is 10.7 Å². The van der Waals surface area contributed by atoms with Gasteiger partial charge >= 0.3 is 0 Å². The van der Waals surface area contributed by atoms with Crippen LogP contribution in [0.1, 0.15) is 29.3 Å². The number of hydrogen-bond acceptors (Lipinski definition) is 5. The summed E-state index contributed by atoms with van der Waals surface area (Å²) in [5.74, 6) is 0.895. The third-order valence-electron chi connectivity index (χ3n) is 4.74. The summed E-state index contributed by atoms with van der Waals surface area (Å²) in [6, 6.07) is 20.5. The maximum atomic E-state index is 12.5. The highest BCUT2D eigenvalue weighted by molar-refractivity contribution is 7.80. The van der Waals surface area contributed by atoms with E-state index in [1.807, 2.05) is 62.4 Å². The number of carbonyl (C=O) groups excluding carboxylic acids is 1. The maximum Gasteiger partial charge on any atom is 0.257 e. The van der Waals surface area contributed by atoms with E-state index in [1.165, 1.54) is 5.56 Å². The first kappa shape index (κ1) is 21.5. The second-order valence-electron chi connectivity index (χ2n) is 7.35. The molecule has 162 valence electrons. The van der Waals surface area contributed by atoms with Crippen molar-refractivity contribution in [3.05, 3.63) is 77.9 Å². The number of nitrogens with zero attached hydrogens (tertiary/aromatic N) is 1. The van der Waals surface area contributed by atoms with E-state index in [9.17, 15) is 4.79 Å². The van der Waals surface area contributed by atoms with Crippen LogP contribution in [0.15, 0.2) is 71.1 Å². The second-order valence-corrected chi connectivity index (χ2v) is 7.76. The number of aromatic nitrogens is 1. The average molecular weight is 446 g/mol. The third kappa shape index (κ3) is 5.12. The van der Waals surface area contributed by atoms with Crippen molar-refractivity contribution in [1.29, 1.82) is 0 Å². The van der Waals surface area contributed by atoms with Gasteiger partial charge in [-0.15, -0.1) is 0 Å². The zero-order valence-electron chi connectivity index (χ0n) is 17.8. The summed E-state index contributed by atoms with van der Waals surface area (Å²) in [5.41, 5.74) is 4.62. The van der Waals surface area contributed by atoms with Gasteiger partial charge in [0.2, 0.25) is 5.89 Å². The summed E-state index contributed by atoms with van der Waals surface area (Å²) in [4.78, 5) is 17.1. The van der Waals surface area contributed by atoms with Crippen molar-refractivity contribution >= 4 is 40.0 Å². The fourth-order valence-electron chi connectivity index (χ4n) is 3.11. The molecule has 4 rings (SSSR count). The quantitative estimate of drug-likeness (QED) is 0.370. The van der Waals surface area contributed by atoms with Crippen molar-refractivity contribution in [2.45, 2.75) is 20.3 Å². The lowest BCUT2D eigenvalue weighted by Crippen LogP contribution is -2.34. The molecule has 32 heavy (non-hydrogen) atoms. The van der Waals surface area contributed by atoms with Gasteiger partial charge in [0, 0.05) is 16.8 Å². The number of nitrogens with one attached hydrogen (secondary N) is 2. The van der Waals surface area contributed by atoms with Crippen molar-refractivity contribution in [3.63, 3.8) is 0 Å². The predicted octanol–water partition coefficient (Wildman–Crippen LogP) is 5.72. The van der Waals surface area contributed by atoms with Crippen molar-refractivity contribution < 1.29 is 13.9 Å². The number of ether oxygens (including phenoxy) is 1. The van der Waals surface area contributed by atoms with E-state index in [0.29, 0.717) is 40.6 Å². The number of carbonyl (C=O) groups is 1. The molecule has 0 fully saturated rings. The highest BCUT2D eigenvalue weighted by atomic mass is 32.1. The van der Waals surface area contributed by atoms with Crippen LogP contribution in [0, 0.1) is 6.92 Å². The number of fused-ring (bicyclic) bond motifs is 1. The minimum atomic E-state index is -0.311. The smallest absolute Gasteiger partial charge is 0.257 e. The number of thiocarbonyl (C=S) groups is 1. The molecule has 3 aromatic carbocycles. The van der Waals surface area contributed by atoms with Crippen LogP contribution in [0.2, 0.25) is 0 Å². The van der Waals surface area contributed by atoms with Gasteiger partial charge in [-0.1, -0.05) is 30.7 Å². The Labute approximate surface area is 191 Å². The van der Waals surface area contributed by atoms with Gasteiger partial charge in [0.25, 0.3) is 5.91 Å². The third-order valence-corrected chi connectivity index (χ3v) is 4.94. The summed E-state index contributed by atoms with van der Waals surface area (Å²) in [7, 11) is 0. The first-order valence-electron chi connectivity index (χ1n) is 10.3. The molecule has 0 aliphatic heterocycles. The highest BCUT2D eigenvalue weighted by Gasteiger charge is 2.12. The van der Waals surface area contributed by atoms with Gasteiger partial charge in [-0.2, -0.15) is 0 Å². The van der Waals surface area contributed by atoms with E-state index < -0.39 is 0 Å². The number of amides is 1. The van der Waals surface area contributed by atoms with Gasteiger partial charge in [0.1, 0.15) is 11.3 Å². The second kappa shape index (κ2) is 9.62. The number of benzene rings is 3. The number of rotatable bonds is 6. The lowest BCUT2D eigenvalue weighted by molar-refractivity contribution is 0.0977. The topological polar surface area (TPSA) is 76.4 Å². The van der Waals surface area contributed by atoms with Gasteiger partial charge in [-0.3, -0.25) is 10.1 Å². The zero-order chi connectivity index (χ0) is 22.5. The first-order chi connectivity index (χ1) is 15.5. The minimum absolute atomic E-state index is 0.191. The molecule has 6 nitrogen and oxygen atoms in total. The van der Waals surface area contributed by atoms with Crippen LogP contribution < -0.4 is 15.4 Å². The lowest BCUT2D eigenvalue weighted by Gasteiger charge is -2.10. The van der Waals surface area contributed by atoms with Crippen LogP contribution in [-0.4, -0.2) is 22.6 Å². The van der Waals surface area contributed by atoms with E-state index in [0.717, 1.165) is 12.0 Å². The SMILES string of the molecule is CCCOc1cccc(C(=O)NC(=S)Nc2ccc3oc(-c4ccc(C)cc4)nc3c2)c1. The zero-order valence-corrected chi connectivity index (χ0v) is 18.7. The normalized spacial score (nSPS) is 10.7. The fourth-order valence-corrected chi connectivity index (χ4v) is 3.32. The van der Waals surface area contributed by atoms with Crippen LogP contribution in [-0.2, 0) is 0 Å². The van der Waals surface area contributed by atoms with Crippen molar-refractivity contribution in [2.75, 3.05) is 11.9 Å². The van der Waals surface area contributed by atoms with Crippen molar-refractivity contribution in [2.24, 2.45) is 0 Å². The standard InChI is InChI=1S/C25H23N3O3S/c1-3-13-30-20-6-4-5-18(14-20)23(29)28-25(32)26-19-11-12-22-21(15-19)27-24(31-22)17-9-7-16(2)8-10-17/h4-12,14-15H,3,13H2,1-2H3,(H2,26,28,29,32). The summed E-state index contributed by atoms with van der Waals surface area (Å²) in [6.45, 7) is 4.66. The molecule has 0 aliphatic rings. The maximum absolute atomic E-state index is 12.5. The Morgan fingerprint density at radius 1 is 1.09 bits per heavy atom. The summed E-state index contributed by atoms with van der Waals surface area (Å²) in [6.07, 6.45) is 0.896. The summed E-state index contributed by atoms with van der Waals surface area (Å²) >= 11 is 5.31. The molecule has 0 spiro atoms. The molecule has 0 unspecified atom stereocenters. The molecule has 0 atom stereocenters. The van der Waals surface area contributed by atoms with Gasteiger partial charge in [0.05, 0.1) is 6.61 Å². The molecule has 1 aromatic heterocycles. The van der Waals surface area contributed by atoms with Gasteiger partial charge in [-0.25, -0.2) is 4.98 Å². The number of oxazole rings is 1. The average Bonchev–Trinajstić information content (AvgIpc) is 3.21. The lowest BCUT2D eigenvalue weighted by atomic mass is 10.1. The Bertz CT molecular complexity index is 1270. The van der Waals surface area contributed by atoms with Crippen LogP contribution in [0.4, 0.5) is 5.69 Å². The number of anilines is 1. The molecule has 4 aromatic rings. The van der Waals surface area contributed by atoms with E-state index >= 15 is 0 Å². The van der Waals surface area contributed by atoms with E-state index in [1.54, 1.807) is 18.2 Å². The van der Waals surface area contributed by atoms with Crippen molar-refractivity contribution in [3.8, 4) is 17.2 Å². The Kier molecular flexibility index (Phi) is 6.47. The van der Waals surface area contributed by atoms with E-state index in [-0.39, 0.29) is 11.0 Å². The summed E-state index contributed by atoms with van der Waals surface area (Å²) < 4.78 is 11.4. The van der Waals surface area contributed by atoms with E-state index in [4.69, 9.17) is 21.4 Å².